The zero-order valence-corrected chi connectivity index (χ0v) is 11.9. The van der Waals surface area contributed by atoms with Crippen LogP contribution in [0.3, 0.4) is 0 Å². The van der Waals surface area contributed by atoms with Gasteiger partial charge >= 0.3 is 0 Å². The maximum Gasteiger partial charge on any atom is 0.0632 e. The quantitative estimate of drug-likeness (QED) is 0.742. The fourth-order valence-electron chi connectivity index (χ4n) is 2.07. The van der Waals surface area contributed by atoms with Crippen LogP contribution < -0.4 is 5.32 Å². The van der Waals surface area contributed by atoms with Crippen molar-refractivity contribution in [1.29, 1.82) is 0 Å². The van der Waals surface area contributed by atoms with Gasteiger partial charge in [-0.1, -0.05) is 44.2 Å². The van der Waals surface area contributed by atoms with Crippen LogP contribution in [0.15, 0.2) is 30.3 Å². The van der Waals surface area contributed by atoms with Crippen molar-refractivity contribution in [1.82, 2.24) is 5.32 Å². The molecular weight excluding hydrogens is 222 g/mol. The average molecular weight is 249 g/mol. The van der Waals surface area contributed by atoms with E-state index in [0.29, 0.717) is 6.04 Å². The molecule has 0 bridgehead atoms. The van der Waals surface area contributed by atoms with E-state index < -0.39 is 5.60 Å². The van der Waals surface area contributed by atoms with E-state index in [1.165, 1.54) is 5.56 Å². The fourth-order valence-corrected chi connectivity index (χ4v) is 2.07. The van der Waals surface area contributed by atoms with Gasteiger partial charge in [0.25, 0.3) is 0 Å². The number of aryl methyl sites for hydroxylation is 1. The van der Waals surface area contributed by atoms with Gasteiger partial charge in [-0.2, -0.15) is 0 Å². The Morgan fingerprint density at radius 3 is 2.44 bits per heavy atom. The van der Waals surface area contributed by atoms with Gasteiger partial charge in [0.15, 0.2) is 0 Å². The summed E-state index contributed by atoms with van der Waals surface area (Å²) in [4.78, 5) is 0. The molecule has 1 atom stereocenters. The maximum absolute atomic E-state index is 10.3. The van der Waals surface area contributed by atoms with E-state index in [1.807, 2.05) is 13.0 Å². The molecule has 1 unspecified atom stereocenters. The molecule has 0 aliphatic rings. The Labute approximate surface area is 111 Å². The zero-order chi connectivity index (χ0) is 13.4. The molecule has 0 fully saturated rings. The van der Waals surface area contributed by atoms with Gasteiger partial charge in [-0.15, -0.1) is 0 Å². The average Bonchev–Trinajstić information content (AvgIpc) is 2.29. The van der Waals surface area contributed by atoms with Crippen molar-refractivity contribution in [2.24, 2.45) is 0 Å². The Morgan fingerprint density at radius 2 is 1.83 bits per heavy atom. The first-order chi connectivity index (χ1) is 8.49. The molecule has 2 heteroatoms. The Morgan fingerprint density at radius 1 is 1.17 bits per heavy atom. The van der Waals surface area contributed by atoms with E-state index in [9.17, 15) is 5.11 Å². The smallest absolute Gasteiger partial charge is 0.0632 e. The third-order valence-corrected chi connectivity index (χ3v) is 3.24. The summed E-state index contributed by atoms with van der Waals surface area (Å²) in [5.74, 6) is 0. The normalized spacial score (nSPS) is 14.7. The van der Waals surface area contributed by atoms with Gasteiger partial charge < -0.3 is 10.4 Å². The van der Waals surface area contributed by atoms with Gasteiger partial charge in [0.1, 0.15) is 0 Å². The largest absolute Gasteiger partial charge is 0.390 e. The fraction of sp³-hybridized carbons (Fsp3) is 0.625. The minimum Gasteiger partial charge on any atom is -0.390 e. The Bertz CT molecular complexity index is 319. The first-order valence-electron chi connectivity index (χ1n) is 6.99. The lowest BCUT2D eigenvalue weighted by Gasteiger charge is -2.24. The molecular formula is C16H27NO. The standard InChI is InChI=1S/C16H27NO/c1-14(2)17-13-12-16(3,18)11-7-10-15-8-5-4-6-9-15/h4-6,8-9,14,17-18H,7,10-13H2,1-3H3. The van der Waals surface area contributed by atoms with Crippen LogP contribution in [-0.2, 0) is 6.42 Å². The molecule has 0 aliphatic heterocycles. The van der Waals surface area contributed by atoms with Crippen LogP contribution >= 0.6 is 0 Å². The summed E-state index contributed by atoms with van der Waals surface area (Å²) in [5, 5.41) is 13.6. The zero-order valence-electron chi connectivity index (χ0n) is 11.9. The van der Waals surface area contributed by atoms with Gasteiger partial charge in [0, 0.05) is 6.04 Å². The van der Waals surface area contributed by atoms with Crippen molar-refractivity contribution in [3.05, 3.63) is 35.9 Å². The first kappa shape index (κ1) is 15.2. The molecule has 18 heavy (non-hydrogen) atoms. The van der Waals surface area contributed by atoms with Crippen molar-refractivity contribution in [2.75, 3.05) is 6.54 Å². The van der Waals surface area contributed by atoms with Crippen LogP contribution in [0.5, 0.6) is 0 Å². The molecule has 102 valence electrons. The summed E-state index contributed by atoms with van der Waals surface area (Å²) in [6.07, 6.45) is 3.77. The molecule has 0 aromatic heterocycles. The van der Waals surface area contributed by atoms with Crippen molar-refractivity contribution in [2.45, 2.75) is 58.1 Å². The number of rotatable bonds is 8. The molecule has 0 spiro atoms. The monoisotopic (exact) mass is 249 g/mol. The molecule has 1 aromatic carbocycles. The molecule has 2 nitrogen and oxygen atoms in total. The van der Waals surface area contributed by atoms with Gasteiger partial charge in [-0.3, -0.25) is 0 Å². The van der Waals surface area contributed by atoms with Crippen LogP contribution in [0.1, 0.15) is 45.6 Å². The minimum atomic E-state index is -0.545. The highest BCUT2D eigenvalue weighted by atomic mass is 16.3. The number of benzene rings is 1. The Hall–Kier alpha value is -0.860. The molecule has 1 aromatic rings. The molecule has 0 amide bonds. The summed E-state index contributed by atoms with van der Waals surface area (Å²) in [7, 11) is 0. The Balaban J connectivity index is 2.20. The third kappa shape index (κ3) is 6.77. The van der Waals surface area contributed by atoms with Gasteiger partial charge in [-0.25, -0.2) is 0 Å². The van der Waals surface area contributed by atoms with Crippen LogP contribution in [0.4, 0.5) is 0 Å². The van der Waals surface area contributed by atoms with Crippen molar-refractivity contribution < 1.29 is 5.11 Å². The minimum absolute atomic E-state index is 0.491. The van der Waals surface area contributed by atoms with E-state index in [1.54, 1.807) is 0 Å². The molecule has 0 saturated heterocycles. The summed E-state index contributed by atoms with van der Waals surface area (Å²) in [5.41, 5.74) is 0.810. The lowest BCUT2D eigenvalue weighted by atomic mass is 9.94. The van der Waals surface area contributed by atoms with Crippen LogP contribution in [0, 0.1) is 0 Å². The van der Waals surface area contributed by atoms with Crippen LogP contribution in [0.2, 0.25) is 0 Å². The summed E-state index contributed by atoms with van der Waals surface area (Å²) < 4.78 is 0. The third-order valence-electron chi connectivity index (χ3n) is 3.24. The van der Waals surface area contributed by atoms with E-state index in [4.69, 9.17) is 0 Å². The second-order valence-corrected chi connectivity index (χ2v) is 5.69. The van der Waals surface area contributed by atoms with Crippen LogP contribution in [0.25, 0.3) is 0 Å². The second kappa shape index (κ2) is 7.55. The van der Waals surface area contributed by atoms with Gasteiger partial charge in [0.2, 0.25) is 0 Å². The number of nitrogens with one attached hydrogen (secondary N) is 1. The van der Waals surface area contributed by atoms with E-state index in [2.05, 4.69) is 43.4 Å². The molecule has 0 heterocycles. The number of hydrogen-bond acceptors (Lipinski definition) is 2. The molecule has 0 saturated carbocycles. The topological polar surface area (TPSA) is 32.3 Å². The second-order valence-electron chi connectivity index (χ2n) is 5.69. The van der Waals surface area contributed by atoms with Gasteiger partial charge in [0.05, 0.1) is 5.60 Å². The highest BCUT2D eigenvalue weighted by Gasteiger charge is 2.19. The molecule has 1 rings (SSSR count). The summed E-state index contributed by atoms with van der Waals surface area (Å²) >= 11 is 0. The van der Waals surface area contributed by atoms with Gasteiger partial charge in [-0.05, 0) is 44.7 Å². The first-order valence-corrected chi connectivity index (χ1v) is 6.99. The van der Waals surface area contributed by atoms with E-state index in [-0.39, 0.29) is 0 Å². The molecule has 0 radical (unpaired) electrons. The van der Waals surface area contributed by atoms with E-state index in [0.717, 1.165) is 32.2 Å². The van der Waals surface area contributed by atoms with Crippen molar-refractivity contribution in [3.63, 3.8) is 0 Å². The highest BCUT2D eigenvalue weighted by Crippen LogP contribution is 2.18. The highest BCUT2D eigenvalue weighted by molar-refractivity contribution is 5.14. The SMILES string of the molecule is CC(C)NCCC(C)(O)CCCc1ccccc1. The number of aliphatic hydroxyl groups is 1. The Kier molecular flexibility index (Phi) is 6.37. The predicted octanol–water partition coefficient (Wildman–Crippen LogP) is 3.15. The lowest BCUT2D eigenvalue weighted by molar-refractivity contribution is 0.0399. The molecule has 2 N–H and O–H groups in total. The van der Waals surface area contributed by atoms with Crippen molar-refractivity contribution >= 4 is 0 Å². The summed E-state index contributed by atoms with van der Waals surface area (Å²) in [6.45, 7) is 7.09. The van der Waals surface area contributed by atoms with Crippen LogP contribution in [-0.4, -0.2) is 23.3 Å². The maximum atomic E-state index is 10.3. The number of hydrogen-bond donors (Lipinski definition) is 2. The van der Waals surface area contributed by atoms with Crippen molar-refractivity contribution in [3.8, 4) is 0 Å². The summed E-state index contributed by atoms with van der Waals surface area (Å²) in [6, 6.07) is 11.0. The lowest BCUT2D eigenvalue weighted by Crippen LogP contribution is -2.32. The molecule has 0 aliphatic carbocycles. The van der Waals surface area contributed by atoms with E-state index >= 15 is 0 Å². The predicted molar refractivity (Wildman–Crippen MR) is 77.8 cm³/mol.